The molecule has 7 heteroatoms. The summed E-state index contributed by atoms with van der Waals surface area (Å²) in [4.78, 5) is 28.3. The van der Waals surface area contributed by atoms with Gasteiger partial charge in [-0.25, -0.2) is 14.6 Å². The highest BCUT2D eigenvalue weighted by atomic mass is 16.6. The Labute approximate surface area is 153 Å². The molecule has 7 nitrogen and oxygen atoms in total. The molecule has 2 aliphatic heterocycles. The molecule has 2 aliphatic rings. The summed E-state index contributed by atoms with van der Waals surface area (Å²) in [5.41, 5.74) is 0.237. The molecule has 1 amide bonds. The van der Waals surface area contributed by atoms with Crippen molar-refractivity contribution in [3.63, 3.8) is 0 Å². The van der Waals surface area contributed by atoms with E-state index in [4.69, 9.17) is 9.47 Å². The highest BCUT2D eigenvalue weighted by Crippen LogP contribution is 2.34. The third-order valence-electron chi connectivity index (χ3n) is 4.27. The maximum atomic E-state index is 12.2. The lowest BCUT2D eigenvalue weighted by molar-refractivity contribution is -0.136. The molecule has 2 heterocycles. The average molecular weight is 359 g/mol. The first kappa shape index (κ1) is 18.4. The normalized spacial score (nSPS) is 24.6. The molecule has 2 N–H and O–H groups in total. The van der Waals surface area contributed by atoms with E-state index in [0.29, 0.717) is 25.1 Å². The zero-order valence-electron chi connectivity index (χ0n) is 15.4. The lowest BCUT2D eigenvalue weighted by Crippen LogP contribution is -2.54. The minimum absolute atomic E-state index is 0.0483. The van der Waals surface area contributed by atoms with Crippen LogP contribution in [0.2, 0.25) is 0 Å². The molecule has 140 valence electrons. The van der Waals surface area contributed by atoms with Crippen LogP contribution in [0.15, 0.2) is 35.3 Å². The number of piperidine rings is 1. The van der Waals surface area contributed by atoms with Crippen molar-refractivity contribution in [1.29, 1.82) is 0 Å². The predicted octanol–water partition coefficient (Wildman–Crippen LogP) is 2.16. The Bertz CT molecular complexity index is 701. The number of hydrogen-bond donors (Lipinski definition) is 2. The van der Waals surface area contributed by atoms with E-state index in [-0.39, 0.29) is 18.6 Å². The van der Waals surface area contributed by atoms with Gasteiger partial charge in [0.05, 0.1) is 0 Å². The molecule has 26 heavy (non-hydrogen) atoms. The van der Waals surface area contributed by atoms with Gasteiger partial charge in [-0.15, -0.1) is 0 Å². The summed E-state index contributed by atoms with van der Waals surface area (Å²) < 4.78 is 10.6. The number of aliphatic imine (C=N–C) groups is 1. The summed E-state index contributed by atoms with van der Waals surface area (Å²) in [6, 6.07) is 9.49. The molecular formula is C19H25N3O4. The topological polar surface area (TPSA) is 89.0 Å². The summed E-state index contributed by atoms with van der Waals surface area (Å²) in [6.45, 7) is 6.24. The number of rotatable bonds is 4. The van der Waals surface area contributed by atoms with Crippen molar-refractivity contribution >= 4 is 17.8 Å². The largest absolute Gasteiger partial charge is 0.456 e. The van der Waals surface area contributed by atoms with Gasteiger partial charge < -0.3 is 14.8 Å². The van der Waals surface area contributed by atoms with Crippen LogP contribution in [0.4, 0.5) is 4.79 Å². The number of nitrogens with zero attached hydrogens (tertiary/aromatic N) is 1. The Balaban J connectivity index is 1.41. The third kappa shape index (κ3) is 4.60. The van der Waals surface area contributed by atoms with Gasteiger partial charge in [-0.05, 0) is 39.2 Å². The summed E-state index contributed by atoms with van der Waals surface area (Å²) in [6.07, 6.45) is 0.925. The number of carbonyl (C=O) groups excluding carboxylic acids is 2. The predicted molar refractivity (Wildman–Crippen MR) is 96.8 cm³/mol. The minimum atomic E-state index is -0.611. The van der Waals surface area contributed by atoms with Crippen molar-refractivity contribution in [2.24, 2.45) is 4.99 Å². The van der Waals surface area contributed by atoms with E-state index in [2.05, 4.69) is 15.6 Å². The fourth-order valence-corrected chi connectivity index (χ4v) is 2.93. The lowest BCUT2D eigenvalue weighted by Gasteiger charge is -2.30. The van der Waals surface area contributed by atoms with Crippen molar-refractivity contribution in [3.8, 4) is 0 Å². The summed E-state index contributed by atoms with van der Waals surface area (Å²) >= 11 is 0. The number of ether oxygens (including phenoxy) is 2. The first-order valence-electron chi connectivity index (χ1n) is 8.83. The SMILES string of the molecule is CC(C)(C)OC(=O)NC1CCC2(N=C2C(=O)OCc2ccccc2)NC1. The molecule has 1 fully saturated rings. The van der Waals surface area contributed by atoms with E-state index in [0.717, 1.165) is 5.56 Å². The summed E-state index contributed by atoms with van der Waals surface area (Å²) in [7, 11) is 0. The maximum absolute atomic E-state index is 12.2. The van der Waals surface area contributed by atoms with Crippen LogP contribution in [0.1, 0.15) is 39.2 Å². The fourth-order valence-electron chi connectivity index (χ4n) is 2.93. The van der Waals surface area contributed by atoms with E-state index in [1.165, 1.54) is 0 Å². The van der Waals surface area contributed by atoms with Crippen molar-refractivity contribution in [1.82, 2.24) is 10.6 Å². The van der Waals surface area contributed by atoms with E-state index in [9.17, 15) is 9.59 Å². The first-order valence-corrected chi connectivity index (χ1v) is 8.83. The second kappa shape index (κ2) is 7.07. The Morgan fingerprint density at radius 1 is 1.31 bits per heavy atom. The molecule has 1 saturated heterocycles. The highest BCUT2D eigenvalue weighted by Gasteiger charge is 2.53. The van der Waals surface area contributed by atoms with Gasteiger partial charge in [0.1, 0.15) is 12.2 Å². The number of nitrogens with one attached hydrogen (secondary N) is 2. The lowest BCUT2D eigenvalue weighted by atomic mass is 9.97. The Hall–Kier alpha value is -2.41. The van der Waals surface area contributed by atoms with E-state index in [1.54, 1.807) is 0 Å². The van der Waals surface area contributed by atoms with Gasteiger partial charge in [0.15, 0.2) is 11.4 Å². The molecule has 1 aromatic carbocycles. The van der Waals surface area contributed by atoms with Gasteiger partial charge in [0.2, 0.25) is 0 Å². The fraction of sp³-hybridized carbons (Fsp3) is 0.526. The second-order valence-corrected chi connectivity index (χ2v) is 7.65. The molecule has 0 aliphatic carbocycles. The molecule has 2 atom stereocenters. The van der Waals surface area contributed by atoms with Gasteiger partial charge in [-0.1, -0.05) is 30.3 Å². The van der Waals surface area contributed by atoms with Gasteiger partial charge in [0.25, 0.3) is 0 Å². The molecule has 2 unspecified atom stereocenters. The van der Waals surface area contributed by atoms with Crippen molar-refractivity contribution in [3.05, 3.63) is 35.9 Å². The van der Waals surface area contributed by atoms with E-state index >= 15 is 0 Å². The van der Waals surface area contributed by atoms with Crippen molar-refractivity contribution in [2.75, 3.05) is 6.54 Å². The number of hydrogen-bond acceptors (Lipinski definition) is 6. The van der Waals surface area contributed by atoms with Gasteiger partial charge in [0, 0.05) is 12.6 Å². The van der Waals surface area contributed by atoms with Crippen LogP contribution in [0, 0.1) is 0 Å². The van der Waals surface area contributed by atoms with Gasteiger partial charge in [-0.3, -0.25) is 5.32 Å². The molecule has 0 aromatic heterocycles. The molecule has 0 saturated carbocycles. The Morgan fingerprint density at radius 3 is 2.65 bits per heavy atom. The van der Waals surface area contributed by atoms with Crippen LogP contribution in [0.3, 0.4) is 0 Å². The first-order chi connectivity index (χ1) is 12.3. The van der Waals surface area contributed by atoms with Crippen LogP contribution >= 0.6 is 0 Å². The third-order valence-corrected chi connectivity index (χ3v) is 4.27. The average Bonchev–Trinajstić information content (AvgIpc) is 3.28. The zero-order chi connectivity index (χ0) is 18.8. The molecular weight excluding hydrogens is 334 g/mol. The monoisotopic (exact) mass is 359 g/mol. The smallest absolute Gasteiger partial charge is 0.407 e. The summed E-state index contributed by atoms with van der Waals surface area (Å²) in [5.74, 6) is -0.389. The Morgan fingerprint density at radius 2 is 2.04 bits per heavy atom. The number of carbonyl (C=O) groups is 2. The molecule has 0 radical (unpaired) electrons. The minimum Gasteiger partial charge on any atom is -0.456 e. The maximum Gasteiger partial charge on any atom is 0.407 e. The van der Waals surface area contributed by atoms with Crippen LogP contribution in [-0.4, -0.2) is 41.6 Å². The highest BCUT2D eigenvalue weighted by molar-refractivity contribution is 6.46. The molecule has 0 bridgehead atoms. The van der Waals surface area contributed by atoms with Crippen LogP contribution < -0.4 is 10.6 Å². The Kier molecular flexibility index (Phi) is 5.00. The number of alkyl carbamates (subject to hydrolysis) is 1. The second-order valence-electron chi connectivity index (χ2n) is 7.65. The number of benzene rings is 1. The number of esters is 1. The van der Waals surface area contributed by atoms with Crippen LogP contribution in [0.25, 0.3) is 0 Å². The van der Waals surface area contributed by atoms with E-state index < -0.39 is 17.4 Å². The standard InChI is InChI=1S/C19H25N3O4/c1-18(2,3)26-17(24)21-14-9-10-19(20-11-14)15(22-19)16(23)25-12-13-7-5-4-6-8-13/h4-8,14,20H,9-12H2,1-3H3,(H,21,24). The van der Waals surface area contributed by atoms with Crippen molar-refractivity contribution in [2.45, 2.75) is 57.5 Å². The van der Waals surface area contributed by atoms with Gasteiger partial charge >= 0.3 is 12.1 Å². The molecule has 1 spiro atoms. The van der Waals surface area contributed by atoms with Crippen LogP contribution in [0.5, 0.6) is 0 Å². The summed E-state index contributed by atoms with van der Waals surface area (Å²) in [5, 5.41) is 6.08. The van der Waals surface area contributed by atoms with E-state index in [1.807, 2.05) is 51.1 Å². The molecule has 1 aromatic rings. The number of amides is 1. The van der Waals surface area contributed by atoms with Crippen molar-refractivity contribution < 1.29 is 19.1 Å². The van der Waals surface area contributed by atoms with Crippen LogP contribution in [-0.2, 0) is 20.9 Å². The quantitative estimate of drug-likeness (QED) is 0.804. The molecule has 3 rings (SSSR count). The zero-order valence-corrected chi connectivity index (χ0v) is 15.4. The van der Waals surface area contributed by atoms with Gasteiger partial charge in [-0.2, -0.15) is 0 Å².